The molecule has 0 aliphatic rings. The highest BCUT2D eigenvalue weighted by Crippen LogP contribution is 2.31. The van der Waals surface area contributed by atoms with Crippen LogP contribution < -0.4 is 9.46 Å². The molecule has 1 N–H and O–H groups in total. The number of hydrogen-bond acceptors (Lipinski definition) is 6. The molecule has 4 rings (SSSR count). The molecule has 0 amide bonds. The molecule has 0 spiro atoms. The Morgan fingerprint density at radius 1 is 0.966 bits per heavy atom. The second-order valence-electron chi connectivity index (χ2n) is 6.22. The van der Waals surface area contributed by atoms with E-state index >= 15 is 0 Å². The molecule has 29 heavy (non-hydrogen) atoms. The molecule has 0 radical (unpaired) electrons. The molecule has 5 nitrogen and oxygen atoms in total. The Morgan fingerprint density at radius 3 is 2.38 bits per heavy atom. The fourth-order valence-electron chi connectivity index (χ4n) is 2.65. The lowest BCUT2D eigenvalue weighted by Gasteiger charge is -2.08. The Labute approximate surface area is 177 Å². The Bertz CT molecular complexity index is 1180. The summed E-state index contributed by atoms with van der Waals surface area (Å²) < 4.78 is 33.7. The summed E-state index contributed by atoms with van der Waals surface area (Å²) in [5.41, 5.74) is 0.840. The van der Waals surface area contributed by atoms with Crippen LogP contribution in [-0.4, -0.2) is 13.4 Å². The van der Waals surface area contributed by atoms with E-state index in [1.165, 1.54) is 23.5 Å². The first-order valence-electron chi connectivity index (χ1n) is 8.84. The van der Waals surface area contributed by atoms with E-state index in [9.17, 15) is 8.42 Å². The van der Waals surface area contributed by atoms with Crippen molar-refractivity contribution >= 4 is 32.7 Å². The predicted molar refractivity (Wildman–Crippen MR) is 117 cm³/mol. The normalized spacial score (nSPS) is 11.5. The lowest BCUT2D eigenvalue weighted by molar-refractivity contribution is 0.482. The summed E-state index contributed by atoms with van der Waals surface area (Å²) in [4.78, 5) is 6.74. The molecule has 0 aliphatic carbocycles. The lowest BCUT2D eigenvalue weighted by atomic mass is 10.3. The highest BCUT2D eigenvalue weighted by molar-refractivity contribution is 7.89. The summed E-state index contributed by atoms with van der Waals surface area (Å²) in [5.74, 6) is 1.28. The maximum atomic E-state index is 12.7. The van der Waals surface area contributed by atoms with Crippen molar-refractivity contribution in [2.24, 2.45) is 0 Å². The van der Waals surface area contributed by atoms with Crippen LogP contribution in [0.25, 0.3) is 9.88 Å². The van der Waals surface area contributed by atoms with Crippen molar-refractivity contribution in [3.05, 3.63) is 82.7 Å². The van der Waals surface area contributed by atoms with Crippen molar-refractivity contribution in [2.75, 3.05) is 0 Å². The minimum atomic E-state index is -3.63. The first kappa shape index (κ1) is 19.8. The van der Waals surface area contributed by atoms with Crippen molar-refractivity contribution in [3.63, 3.8) is 0 Å². The van der Waals surface area contributed by atoms with Crippen LogP contribution in [0.3, 0.4) is 0 Å². The molecule has 2 aromatic heterocycles. The predicted octanol–water partition coefficient (Wildman–Crippen LogP) is 5.45. The molecule has 4 aromatic rings. The van der Waals surface area contributed by atoms with Gasteiger partial charge in [-0.25, -0.2) is 18.1 Å². The smallest absolute Gasteiger partial charge is 0.240 e. The molecule has 8 heteroatoms. The van der Waals surface area contributed by atoms with Gasteiger partial charge in [-0.3, -0.25) is 0 Å². The third kappa shape index (κ3) is 4.73. The van der Waals surface area contributed by atoms with Gasteiger partial charge in [-0.2, -0.15) is 0 Å². The van der Waals surface area contributed by atoms with Crippen molar-refractivity contribution in [1.82, 2.24) is 9.71 Å². The van der Waals surface area contributed by atoms with Crippen molar-refractivity contribution in [2.45, 2.75) is 18.4 Å². The Kier molecular flexibility index (Phi) is 5.77. The minimum Gasteiger partial charge on any atom is -0.457 e. The zero-order valence-corrected chi connectivity index (χ0v) is 18.0. The highest BCUT2D eigenvalue weighted by atomic mass is 32.2. The number of thiazole rings is 1. The molecule has 2 aromatic carbocycles. The van der Waals surface area contributed by atoms with E-state index in [0.29, 0.717) is 11.5 Å². The van der Waals surface area contributed by atoms with E-state index in [0.717, 1.165) is 20.5 Å². The van der Waals surface area contributed by atoms with Crippen LogP contribution in [0.1, 0.15) is 10.6 Å². The first-order chi connectivity index (χ1) is 14.0. The fourth-order valence-corrected chi connectivity index (χ4v) is 5.54. The summed E-state index contributed by atoms with van der Waals surface area (Å²) >= 11 is 3.13. The van der Waals surface area contributed by atoms with Gasteiger partial charge in [-0.05, 0) is 54.8 Å². The van der Waals surface area contributed by atoms with E-state index in [4.69, 9.17) is 4.74 Å². The lowest BCUT2D eigenvalue weighted by Crippen LogP contribution is -2.23. The van der Waals surface area contributed by atoms with Gasteiger partial charge in [-0.15, -0.1) is 22.7 Å². The second kappa shape index (κ2) is 8.46. The van der Waals surface area contributed by atoms with Gasteiger partial charge in [0.25, 0.3) is 0 Å². The second-order valence-corrected chi connectivity index (χ2v) is 10.0. The van der Waals surface area contributed by atoms with Gasteiger partial charge in [0.2, 0.25) is 10.0 Å². The average molecular weight is 443 g/mol. The molecule has 0 saturated carbocycles. The number of ether oxygens (including phenoxy) is 1. The van der Waals surface area contributed by atoms with E-state index in [1.807, 2.05) is 54.8 Å². The van der Waals surface area contributed by atoms with Gasteiger partial charge in [0.1, 0.15) is 16.5 Å². The van der Waals surface area contributed by atoms with Gasteiger partial charge >= 0.3 is 0 Å². The number of aromatic nitrogens is 1. The first-order valence-corrected chi connectivity index (χ1v) is 12.0. The largest absolute Gasteiger partial charge is 0.457 e. The summed E-state index contributed by atoms with van der Waals surface area (Å²) in [7, 11) is -3.63. The maximum absolute atomic E-state index is 12.7. The van der Waals surface area contributed by atoms with Crippen LogP contribution in [-0.2, 0) is 16.6 Å². The van der Waals surface area contributed by atoms with E-state index < -0.39 is 10.0 Å². The van der Waals surface area contributed by atoms with Crippen molar-refractivity contribution in [1.29, 1.82) is 0 Å². The van der Waals surface area contributed by atoms with Crippen LogP contribution in [0, 0.1) is 6.92 Å². The fraction of sp³-hybridized carbons (Fsp3) is 0.0952. The average Bonchev–Trinajstić information content (AvgIpc) is 3.37. The van der Waals surface area contributed by atoms with E-state index in [-0.39, 0.29) is 11.4 Å². The van der Waals surface area contributed by atoms with Crippen LogP contribution in [0.15, 0.2) is 77.0 Å². The minimum absolute atomic E-state index is 0.193. The van der Waals surface area contributed by atoms with Crippen molar-refractivity contribution in [3.8, 4) is 21.4 Å². The molecule has 0 saturated heterocycles. The zero-order chi connectivity index (χ0) is 20.3. The van der Waals surface area contributed by atoms with Gasteiger partial charge in [0.05, 0.1) is 15.5 Å². The topological polar surface area (TPSA) is 68.3 Å². The van der Waals surface area contributed by atoms with Crippen LogP contribution in [0.4, 0.5) is 0 Å². The Hall–Kier alpha value is -2.52. The molecular weight excluding hydrogens is 424 g/mol. The van der Waals surface area contributed by atoms with Crippen LogP contribution in [0.5, 0.6) is 11.5 Å². The van der Waals surface area contributed by atoms with Gasteiger partial charge in [0.15, 0.2) is 0 Å². The maximum Gasteiger partial charge on any atom is 0.240 e. The third-order valence-corrected chi connectivity index (χ3v) is 7.77. The van der Waals surface area contributed by atoms with Gasteiger partial charge < -0.3 is 4.74 Å². The van der Waals surface area contributed by atoms with Crippen molar-refractivity contribution < 1.29 is 13.2 Å². The van der Waals surface area contributed by atoms with Crippen LogP contribution in [0.2, 0.25) is 0 Å². The molecule has 0 aliphatic heterocycles. The Balaban J connectivity index is 1.44. The SMILES string of the molecule is Cc1nc(-c2cccs2)sc1CNS(=O)(=O)c1ccc(Oc2ccccc2)cc1. The van der Waals surface area contributed by atoms with Gasteiger partial charge in [-0.1, -0.05) is 24.3 Å². The number of nitrogens with one attached hydrogen (secondary N) is 1. The molecule has 148 valence electrons. The molecular formula is C21H18N2O3S3. The van der Waals surface area contributed by atoms with E-state index in [1.54, 1.807) is 23.5 Å². The monoisotopic (exact) mass is 442 g/mol. The van der Waals surface area contributed by atoms with E-state index in [2.05, 4.69) is 9.71 Å². The number of rotatable bonds is 7. The number of hydrogen-bond donors (Lipinski definition) is 1. The van der Waals surface area contributed by atoms with Crippen LogP contribution >= 0.6 is 22.7 Å². The summed E-state index contributed by atoms with van der Waals surface area (Å²) in [6.45, 7) is 2.10. The summed E-state index contributed by atoms with van der Waals surface area (Å²) in [6, 6.07) is 19.7. The zero-order valence-electron chi connectivity index (χ0n) is 15.5. The van der Waals surface area contributed by atoms with Gasteiger partial charge in [0, 0.05) is 11.4 Å². The quantitative estimate of drug-likeness (QED) is 0.413. The molecule has 2 heterocycles. The number of sulfonamides is 1. The third-order valence-electron chi connectivity index (χ3n) is 4.16. The molecule has 0 fully saturated rings. The highest BCUT2D eigenvalue weighted by Gasteiger charge is 2.17. The molecule has 0 unspecified atom stereocenters. The number of para-hydroxylation sites is 1. The number of benzene rings is 2. The number of aryl methyl sites for hydroxylation is 1. The Morgan fingerprint density at radius 2 is 1.69 bits per heavy atom. The number of thiophene rings is 1. The summed E-state index contributed by atoms with van der Waals surface area (Å²) in [6.07, 6.45) is 0. The number of nitrogens with zero attached hydrogens (tertiary/aromatic N) is 1. The standard InChI is InChI=1S/C21H18N2O3S3/c1-15-20(28-21(23-15)19-8-5-13-27-19)14-22-29(24,25)18-11-9-17(10-12-18)26-16-6-3-2-4-7-16/h2-13,22H,14H2,1H3. The molecule has 0 atom stereocenters. The summed E-state index contributed by atoms with van der Waals surface area (Å²) in [5, 5.41) is 2.91. The molecule has 0 bridgehead atoms.